The first-order chi connectivity index (χ1) is 6.77. The second kappa shape index (κ2) is 4.38. The number of piperidine rings is 1. The highest BCUT2D eigenvalue weighted by Crippen LogP contribution is 2.28. The van der Waals surface area contributed by atoms with Crippen molar-refractivity contribution in [2.24, 2.45) is 5.73 Å². The number of hydrogen-bond acceptors (Lipinski definition) is 4. The summed E-state index contributed by atoms with van der Waals surface area (Å²) in [6.07, 6.45) is 2.43. The summed E-state index contributed by atoms with van der Waals surface area (Å²) in [6.45, 7) is 4.23. The number of nitrogens with zero attached hydrogens (tertiary/aromatic N) is 1. The summed E-state index contributed by atoms with van der Waals surface area (Å²) < 4.78 is 0. The summed E-state index contributed by atoms with van der Waals surface area (Å²) in [4.78, 5) is 4.60. The predicted octanol–water partition coefficient (Wildman–Crippen LogP) is 1.63. The van der Waals surface area contributed by atoms with Crippen LogP contribution in [0.4, 0.5) is 0 Å². The fourth-order valence-electron chi connectivity index (χ4n) is 1.77. The van der Waals surface area contributed by atoms with Gasteiger partial charge in [0.1, 0.15) is 0 Å². The lowest BCUT2D eigenvalue weighted by Gasteiger charge is -2.20. The van der Waals surface area contributed by atoms with Crippen molar-refractivity contribution < 1.29 is 0 Å². The molecule has 0 bridgehead atoms. The summed E-state index contributed by atoms with van der Waals surface area (Å²) in [5, 5.41) is 6.74. The molecule has 1 aromatic heterocycles. The lowest BCUT2D eigenvalue weighted by molar-refractivity contribution is 0.458. The molecule has 1 saturated heterocycles. The molecule has 0 spiro atoms. The number of nitrogens with two attached hydrogens (primary N) is 1. The Hall–Kier alpha value is -0.450. The molecule has 1 aromatic rings. The predicted molar refractivity (Wildman–Crippen MR) is 59.6 cm³/mol. The van der Waals surface area contributed by atoms with Gasteiger partial charge in [0.15, 0.2) is 0 Å². The highest BCUT2D eigenvalue weighted by Gasteiger charge is 2.18. The van der Waals surface area contributed by atoms with Crippen LogP contribution in [0.5, 0.6) is 0 Å². The molecular formula is C10H17N3S. The Morgan fingerprint density at radius 2 is 2.29 bits per heavy atom. The van der Waals surface area contributed by atoms with E-state index in [4.69, 9.17) is 5.73 Å². The number of nitrogens with one attached hydrogen (secondary N) is 1. The summed E-state index contributed by atoms with van der Waals surface area (Å²) >= 11 is 1.77. The van der Waals surface area contributed by atoms with Crippen LogP contribution in [0.3, 0.4) is 0 Å². The maximum absolute atomic E-state index is 5.79. The molecule has 0 amide bonds. The molecule has 2 rings (SSSR count). The minimum atomic E-state index is 0.0710. The number of rotatable bonds is 2. The van der Waals surface area contributed by atoms with Crippen LogP contribution in [0.2, 0.25) is 0 Å². The highest BCUT2D eigenvalue weighted by molar-refractivity contribution is 7.09. The third kappa shape index (κ3) is 2.13. The Kier molecular flexibility index (Phi) is 3.15. The van der Waals surface area contributed by atoms with Crippen LogP contribution in [0.1, 0.15) is 42.4 Å². The first kappa shape index (κ1) is 10.1. The molecule has 1 atom stereocenters. The minimum absolute atomic E-state index is 0.0710. The van der Waals surface area contributed by atoms with Crippen molar-refractivity contribution >= 4 is 11.3 Å². The van der Waals surface area contributed by atoms with Gasteiger partial charge in [0.25, 0.3) is 0 Å². The standard InChI is InChI=1S/C10H17N3S/c1-7(11)9-6-14-10(13-9)8-2-4-12-5-3-8/h6-8,12H,2-5,11H2,1H3. The third-order valence-electron chi connectivity index (χ3n) is 2.69. The Bertz CT molecular complexity index is 289. The Morgan fingerprint density at radius 3 is 2.86 bits per heavy atom. The fourth-order valence-corrected chi connectivity index (χ4v) is 2.86. The van der Waals surface area contributed by atoms with Gasteiger partial charge in [0, 0.05) is 17.3 Å². The Morgan fingerprint density at radius 1 is 1.57 bits per heavy atom. The molecule has 1 unspecified atom stereocenters. The lowest BCUT2D eigenvalue weighted by Crippen LogP contribution is -2.26. The van der Waals surface area contributed by atoms with Crippen molar-refractivity contribution in [3.63, 3.8) is 0 Å². The fraction of sp³-hybridized carbons (Fsp3) is 0.700. The monoisotopic (exact) mass is 211 g/mol. The Balaban J connectivity index is 2.07. The van der Waals surface area contributed by atoms with Crippen molar-refractivity contribution in [3.05, 3.63) is 16.1 Å². The molecule has 78 valence electrons. The summed E-state index contributed by atoms with van der Waals surface area (Å²) in [5.74, 6) is 0.661. The molecule has 0 aliphatic carbocycles. The minimum Gasteiger partial charge on any atom is -0.323 e. The van der Waals surface area contributed by atoms with Gasteiger partial charge in [-0.05, 0) is 32.9 Å². The summed E-state index contributed by atoms with van der Waals surface area (Å²) in [7, 11) is 0. The molecule has 1 aliphatic rings. The third-order valence-corrected chi connectivity index (χ3v) is 3.72. The molecule has 1 fully saturated rings. The van der Waals surface area contributed by atoms with Crippen molar-refractivity contribution in [2.45, 2.75) is 31.7 Å². The molecular weight excluding hydrogens is 194 g/mol. The van der Waals surface area contributed by atoms with E-state index in [2.05, 4.69) is 15.7 Å². The lowest BCUT2D eigenvalue weighted by atomic mass is 9.99. The second-order valence-electron chi connectivity index (χ2n) is 3.92. The topological polar surface area (TPSA) is 50.9 Å². The number of hydrogen-bond donors (Lipinski definition) is 2. The zero-order chi connectivity index (χ0) is 9.97. The average Bonchev–Trinajstić information content (AvgIpc) is 2.68. The molecule has 14 heavy (non-hydrogen) atoms. The van der Waals surface area contributed by atoms with Gasteiger partial charge < -0.3 is 11.1 Å². The van der Waals surface area contributed by atoms with Crippen LogP contribution < -0.4 is 11.1 Å². The first-order valence-electron chi connectivity index (χ1n) is 5.19. The number of thiazole rings is 1. The summed E-state index contributed by atoms with van der Waals surface area (Å²) in [6, 6.07) is 0.0710. The summed E-state index contributed by atoms with van der Waals surface area (Å²) in [5.41, 5.74) is 6.83. The van der Waals surface area contributed by atoms with E-state index in [9.17, 15) is 0 Å². The smallest absolute Gasteiger partial charge is 0.0960 e. The van der Waals surface area contributed by atoms with Crippen molar-refractivity contribution in [3.8, 4) is 0 Å². The largest absolute Gasteiger partial charge is 0.323 e. The first-order valence-corrected chi connectivity index (χ1v) is 6.07. The van der Waals surface area contributed by atoms with E-state index in [0.29, 0.717) is 5.92 Å². The van der Waals surface area contributed by atoms with Crippen LogP contribution in [0.15, 0.2) is 5.38 Å². The number of aromatic nitrogens is 1. The maximum Gasteiger partial charge on any atom is 0.0960 e. The van der Waals surface area contributed by atoms with Gasteiger partial charge in [-0.25, -0.2) is 4.98 Å². The van der Waals surface area contributed by atoms with Crippen LogP contribution in [-0.4, -0.2) is 18.1 Å². The molecule has 2 heterocycles. The van der Waals surface area contributed by atoms with Gasteiger partial charge in [0.05, 0.1) is 10.7 Å². The van der Waals surface area contributed by atoms with Gasteiger partial charge in [0.2, 0.25) is 0 Å². The van der Waals surface area contributed by atoms with E-state index in [1.165, 1.54) is 17.8 Å². The molecule has 3 N–H and O–H groups in total. The molecule has 3 nitrogen and oxygen atoms in total. The maximum atomic E-state index is 5.79. The van der Waals surface area contributed by atoms with Crippen molar-refractivity contribution in [1.82, 2.24) is 10.3 Å². The molecule has 0 aromatic carbocycles. The van der Waals surface area contributed by atoms with E-state index >= 15 is 0 Å². The van der Waals surface area contributed by atoms with Crippen LogP contribution in [-0.2, 0) is 0 Å². The van der Waals surface area contributed by atoms with Crippen LogP contribution in [0, 0.1) is 0 Å². The van der Waals surface area contributed by atoms with Gasteiger partial charge in [-0.1, -0.05) is 0 Å². The Labute approximate surface area is 88.7 Å². The van der Waals surface area contributed by atoms with Gasteiger partial charge in [-0.2, -0.15) is 0 Å². The van der Waals surface area contributed by atoms with Crippen LogP contribution in [0.25, 0.3) is 0 Å². The second-order valence-corrected chi connectivity index (χ2v) is 4.81. The van der Waals surface area contributed by atoms with Crippen molar-refractivity contribution in [1.29, 1.82) is 0 Å². The molecule has 1 aliphatic heterocycles. The van der Waals surface area contributed by atoms with Gasteiger partial charge >= 0.3 is 0 Å². The zero-order valence-corrected chi connectivity index (χ0v) is 9.31. The van der Waals surface area contributed by atoms with Crippen molar-refractivity contribution in [2.75, 3.05) is 13.1 Å². The quantitative estimate of drug-likeness (QED) is 0.781. The zero-order valence-electron chi connectivity index (χ0n) is 8.49. The van der Waals surface area contributed by atoms with E-state index < -0.39 is 0 Å². The SMILES string of the molecule is CC(N)c1csc(C2CCNCC2)n1. The molecule has 4 heteroatoms. The average molecular weight is 211 g/mol. The van der Waals surface area contributed by atoms with Gasteiger partial charge in [-0.3, -0.25) is 0 Å². The van der Waals surface area contributed by atoms with E-state index in [1.807, 2.05) is 6.92 Å². The molecule has 0 radical (unpaired) electrons. The van der Waals surface area contributed by atoms with E-state index in [-0.39, 0.29) is 6.04 Å². The van der Waals surface area contributed by atoms with Gasteiger partial charge in [-0.15, -0.1) is 11.3 Å². The molecule has 0 saturated carbocycles. The highest BCUT2D eigenvalue weighted by atomic mass is 32.1. The van der Waals surface area contributed by atoms with E-state index in [1.54, 1.807) is 11.3 Å². The normalized spacial score (nSPS) is 21.0. The van der Waals surface area contributed by atoms with E-state index in [0.717, 1.165) is 18.8 Å². The van der Waals surface area contributed by atoms with Crippen LogP contribution >= 0.6 is 11.3 Å².